The fourth-order valence-electron chi connectivity index (χ4n) is 3.23. The van der Waals surface area contributed by atoms with Crippen LogP contribution in [0.25, 0.3) is 0 Å². The van der Waals surface area contributed by atoms with Crippen molar-refractivity contribution in [3.05, 3.63) is 47.5 Å². The van der Waals surface area contributed by atoms with Crippen molar-refractivity contribution in [2.75, 3.05) is 26.7 Å². The summed E-state index contributed by atoms with van der Waals surface area (Å²) in [4.78, 5) is 4.95. The smallest absolute Gasteiger partial charge is 0.129 e. The molecule has 1 aromatic heterocycles. The number of hydrogen-bond acceptors (Lipinski definition) is 4. The molecular weight excluding hydrogens is 286 g/mol. The number of likely N-dealkylation sites (N-methyl/N-ethyl adjacent to an activating group) is 1. The molecule has 0 bridgehead atoms. The van der Waals surface area contributed by atoms with Crippen LogP contribution in [0.4, 0.5) is 0 Å². The first-order chi connectivity index (χ1) is 11.2. The van der Waals surface area contributed by atoms with E-state index in [1.54, 1.807) is 0 Å². The van der Waals surface area contributed by atoms with Crippen molar-refractivity contribution in [2.24, 2.45) is 0 Å². The fourth-order valence-corrected chi connectivity index (χ4v) is 3.23. The molecule has 1 fully saturated rings. The Labute approximate surface area is 138 Å². The molecule has 23 heavy (non-hydrogen) atoms. The molecule has 1 aromatic carbocycles. The topological polar surface area (TPSA) is 37.2 Å². The Morgan fingerprint density at radius 1 is 1.13 bits per heavy atom. The number of aryl methyl sites for hydroxylation is 1. The average Bonchev–Trinajstić information content (AvgIpc) is 3.19. The zero-order valence-corrected chi connectivity index (χ0v) is 14.3. The second-order valence-electron chi connectivity index (χ2n) is 6.56. The van der Waals surface area contributed by atoms with Gasteiger partial charge >= 0.3 is 0 Å². The van der Waals surface area contributed by atoms with Gasteiger partial charge in [0.05, 0.1) is 0 Å². The van der Waals surface area contributed by atoms with Crippen LogP contribution in [0.15, 0.2) is 30.6 Å². The normalized spacial score (nSPS) is 15.6. The highest BCUT2D eigenvalue weighted by atomic mass is 15.3. The third-order valence-corrected chi connectivity index (χ3v) is 4.68. The van der Waals surface area contributed by atoms with Gasteiger partial charge < -0.3 is 9.47 Å². The predicted octanol–water partition coefficient (Wildman–Crippen LogP) is 2.31. The number of likely N-dealkylation sites (tertiary alicyclic amines) is 1. The molecule has 5 heteroatoms. The SMILES string of the molecule is Cc1nncn1CCN(C)Cc1ccccc1CN1CCCC1. The Hall–Kier alpha value is -1.72. The molecule has 1 aliphatic heterocycles. The van der Waals surface area contributed by atoms with Crippen LogP contribution in [-0.2, 0) is 19.6 Å². The van der Waals surface area contributed by atoms with Crippen molar-refractivity contribution in [1.82, 2.24) is 24.6 Å². The maximum absolute atomic E-state index is 4.04. The van der Waals surface area contributed by atoms with E-state index in [0.29, 0.717) is 0 Å². The van der Waals surface area contributed by atoms with Gasteiger partial charge in [0.25, 0.3) is 0 Å². The fraction of sp³-hybridized carbons (Fsp3) is 0.556. The molecule has 0 radical (unpaired) electrons. The van der Waals surface area contributed by atoms with Gasteiger partial charge in [-0.15, -0.1) is 10.2 Å². The third-order valence-electron chi connectivity index (χ3n) is 4.68. The minimum absolute atomic E-state index is 0.934. The molecule has 0 atom stereocenters. The van der Waals surface area contributed by atoms with Crippen LogP contribution in [0.3, 0.4) is 0 Å². The molecular formula is C18H27N5. The second-order valence-corrected chi connectivity index (χ2v) is 6.56. The van der Waals surface area contributed by atoms with E-state index >= 15 is 0 Å². The lowest BCUT2D eigenvalue weighted by molar-refractivity contribution is 0.301. The van der Waals surface area contributed by atoms with Gasteiger partial charge in [-0.25, -0.2) is 0 Å². The Bertz CT molecular complexity index is 615. The maximum atomic E-state index is 4.04. The van der Waals surface area contributed by atoms with E-state index < -0.39 is 0 Å². The third kappa shape index (κ3) is 4.39. The van der Waals surface area contributed by atoms with Crippen molar-refractivity contribution >= 4 is 0 Å². The van der Waals surface area contributed by atoms with E-state index in [2.05, 4.69) is 55.9 Å². The summed E-state index contributed by atoms with van der Waals surface area (Å²) < 4.78 is 2.10. The monoisotopic (exact) mass is 313 g/mol. The van der Waals surface area contributed by atoms with E-state index in [4.69, 9.17) is 0 Å². The van der Waals surface area contributed by atoms with Gasteiger partial charge in [0.15, 0.2) is 0 Å². The number of benzene rings is 1. The van der Waals surface area contributed by atoms with Crippen LogP contribution in [0.5, 0.6) is 0 Å². The lowest BCUT2D eigenvalue weighted by Crippen LogP contribution is -2.25. The lowest BCUT2D eigenvalue weighted by Gasteiger charge is -2.21. The van der Waals surface area contributed by atoms with Gasteiger partial charge in [0.1, 0.15) is 12.2 Å². The summed E-state index contributed by atoms with van der Waals surface area (Å²) in [5.74, 6) is 0.979. The molecule has 2 heterocycles. The summed E-state index contributed by atoms with van der Waals surface area (Å²) in [6.07, 6.45) is 4.51. The van der Waals surface area contributed by atoms with E-state index in [1.165, 1.54) is 37.1 Å². The van der Waals surface area contributed by atoms with Crippen molar-refractivity contribution in [3.8, 4) is 0 Å². The summed E-state index contributed by atoms with van der Waals surface area (Å²) in [5, 5.41) is 7.98. The Kier molecular flexibility index (Phi) is 5.41. The van der Waals surface area contributed by atoms with Crippen molar-refractivity contribution < 1.29 is 0 Å². The highest BCUT2D eigenvalue weighted by molar-refractivity contribution is 5.27. The minimum Gasteiger partial charge on any atom is -0.317 e. The van der Waals surface area contributed by atoms with Crippen molar-refractivity contribution in [1.29, 1.82) is 0 Å². The highest BCUT2D eigenvalue weighted by Gasteiger charge is 2.14. The summed E-state index contributed by atoms with van der Waals surface area (Å²) in [5.41, 5.74) is 2.92. The van der Waals surface area contributed by atoms with Gasteiger partial charge in [-0.2, -0.15) is 0 Å². The van der Waals surface area contributed by atoms with Gasteiger partial charge in [0, 0.05) is 26.2 Å². The molecule has 124 valence electrons. The van der Waals surface area contributed by atoms with Gasteiger partial charge in [-0.05, 0) is 51.0 Å². The average molecular weight is 313 g/mol. The Morgan fingerprint density at radius 3 is 2.57 bits per heavy atom. The van der Waals surface area contributed by atoms with Crippen LogP contribution >= 0.6 is 0 Å². The summed E-state index contributed by atoms with van der Waals surface area (Å²) in [6, 6.07) is 8.87. The zero-order valence-electron chi connectivity index (χ0n) is 14.3. The molecule has 0 amide bonds. The van der Waals surface area contributed by atoms with Crippen LogP contribution < -0.4 is 0 Å². The summed E-state index contributed by atoms with van der Waals surface area (Å²) >= 11 is 0. The van der Waals surface area contributed by atoms with Crippen molar-refractivity contribution in [3.63, 3.8) is 0 Å². The molecule has 0 N–H and O–H groups in total. The van der Waals surface area contributed by atoms with E-state index in [9.17, 15) is 0 Å². The molecule has 1 aliphatic rings. The molecule has 1 saturated heterocycles. The molecule has 3 rings (SSSR count). The quantitative estimate of drug-likeness (QED) is 0.786. The molecule has 0 unspecified atom stereocenters. The van der Waals surface area contributed by atoms with Crippen LogP contribution in [0.1, 0.15) is 29.8 Å². The number of aromatic nitrogens is 3. The second kappa shape index (κ2) is 7.70. The van der Waals surface area contributed by atoms with E-state index in [-0.39, 0.29) is 0 Å². The Balaban J connectivity index is 1.57. The van der Waals surface area contributed by atoms with E-state index in [1.807, 2.05) is 13.3 Å². The van der Waals surface area contributed by atoms with Gasteiger partial charge in [-0.1, -0.05) is 24.3 Å². The van der Waals surface area contributed by atoms with Gasteiger partial charge in [0.2, 0.25) is 0 Å². The maximum Gasteiger partial charge on any atom is 0.129 e. The number of nitrogens with zero attached hydrogens (tertiary/aromatic N) is 5. The molecule has 0 aliphatic carbocycles. The standard InChI is InChI=1S/C18H27N5/c1-16-20-19-15-23(16)12-11-21(2)13-17-7-3-4-8-18(17)14-22-9-5-6-10-22/h3-4,7-8,15H,5-6,9-14H2,1-2H3. The van der Waals surface area contributed by atoms with E-state index in [0.717, 1.165) is 32.0 Å². The first-order valence-electron chi connectivity index (χ1n) is 8.54. The van der Waals surface area contributed by atoms with Crippen LogP contribution in [0, 0.1) is 6.92 Å². The molecule has 5 nitrogen and oxygen atoms in total. The number of rotatable bonds is 7. The predicted molar refractivity (Wildman–Crippen MR) is 92.0 cm³/mol. The summed E-state index contributed by atoms with van der Waals surface area (Å²) in [6.45, 7) is 8.51. The zero-order chi connectivity index (χ0) is 16.1. The minimum atomic E-state index is 0.934. The van der Waals surface area contributed by atoms with Crippen LogP contribution in [0.2, 0.25) is 0 Å². The summed E-state index contributed by atoms with van der Waals surface area (Å²) in [7, 11) is 2.19. The first-order valence-corrected chi connectivity index (χ1v) is 8.54. The molecule has 2 aromatic rings. The van der Waals surface area contributed by atoms with Gasteiger partial charge in [-0.3, -0.25) is 4.90 Å². The largest absolute Gasteiger partial charge is 0.317 e. The number of hydrogen-bond donors (Lipinski definition) is 0. The lowest BCUT2D eigenvalue weighted by atomic mass is 10.1. The highest BCUT2D eigenvalue weighted by Crippen LogP contribution is 2.17. The van der Waals surface area contributed by atoms with Crippen molar-refractivity contribution in [2.45, 2.75) is 39.4 Å². The van der Waals surface area contributed by atoms with Crippen LogP contribution in [-0.4, -0.2) is 51.2 Å². The Morgan fingerprint density at radius 2 is 1.87 bits per heavy atom. The molecule has 0 saturated carbocycles. The first kappa shape index (κ1) is 16.1. The molecule has 0 spiro atoms.